The first-order chi connectivity index (χ1) is 7.59. The van der Waals surface area contributed by atoms with E-state index in [9.17, 15) is 0 Å². The van der Waals surface area contributed by atoms with E-state index in [-0.39, 0.29) is 0 Å². The Morgan fingerprint density at radius 2 is 2.00 bits per heavy atom. The first kappa shape index (κ1) is 11.6. The van der Waals surface area contributed by atoms with Crippen LogP contribution in [0.25, 0.3) is 5.65 Å². The molecule has 0 saturated heterocycles. The van der Waals surface area contributed by atoms with Gasteiger partial charge in [0.1, 0.15) is 0 Å². The smallest absolute Gasteiger partial charge is 0.155 e. The lowest BCUT2D eigenvalue weighted by Crippen LogP contribution is -2.17. The lowest BCUT2D eigenvalue weighted by molar-refractivity contribution is 0.488. The van der Waals surface area contributed by atoms with Crippen molar-refractivity contribution in [1.82, 2.24) is 14.6 Å². The van der Waals surface area contributed by atoms with Gasteiger partial charge in [-0.05, 0) is 12.0 Å². The van der Waals surface area contributed by atoms with E-state index in [0.29, 0.717) is 16.7 Å². The van der Waals surface area contributed by atoms with Gasteiger partial charge in [-0.3, -0.25) is 0 Å². The lowest BCUT2D eigenvalue weighted by Gasteiger charge is -2.22. The normalized spacial score (nSPS) is 15.6. The largest absolute Gasteiger partial charge is 0.233 e. The van der Waals surface area contributed by atoms with Crippen LogP contribution in [0.1, 0.15) is 32.4 Å². The molecular weight excluding hydrogens is 266 g/mol. The van der Waals surface area contributed by atoms with E-state index in [1.54, 1.807) is 10.7 Å². The molecule has 0 saturated carbocycles. The van der Waals surface area contributed by atoms with Crippen molar-refractivity contribution >= 4 is 21.6 Å². The molecule has 86 valence electrons. The molecule has 0 amide bonds. The highest BCUT2D eigenvalue weighted by atomic mass is 79.9. The highest BCUT2D eigenvalue weighted by Gasteiger charge is 2.22. The van der Waals surface area contributed by atoms with Gasteiger partial charge >= 0.3 is 0 Å². The molecule has 0 aliphatic heterocycles. The molecule has 16 heavy (non-hydrogen) atoms. The third kappa shape index (κ3) is 2.12. The molecule has 0 spiro atoms. The lowest BCUT2D eigenvalue weighted by atomic mass is 9.90. The molecule has 2 aromatic rings. The van der Waals surface area contributed by atoms with Crippen molar-refractivity contribution in [2.45, 2.75) is 31.5 Å². The second kappa shape index (κ2) is 4.53. The predicted molar refractivity (Wildman–Crippen MR) is 69.0 cm³/mol. The first-order valence-corrected chi connectivity index (χ1v) is 6.45. The minimum Gasteiger partial charge on any atom is -0.233 e. The number of halogens is 1. The average Bonchev–Trinajstić information content (AvgIpc) is 2.63. The van der Waals surface area contributed by atoms with Crippen LogP contribution in [0.15, 0.2) is 24.5 Å². The van der Waals surface area contributed by atoms with E-state index >= 15 is 0 Å². The molecule has 0 fully saturated rings. The summed E-state index contributed by atoms with van der Waals surface area (Å²) in [7, 11) is 0. The summed E-state index contributed by atoms with van der Waals surface area (Å²) in [6.45, 7) is 6.63. The third-order valence-electron chi connectivity index (χ3n) is 2.83. The minimum absolute atomic E-state index is 0.422. The van der Waals surface area contributed by atoms with Crippen LogP contribution in [-0.2, 0) is 0 Å². The second-order valence-electron chi connectivity index (χ2n) is 4.43. The average molecular weight is 282 g/mol. The van der Waals surface area contributed by atoms with E-state index in [2.05, 4.69) is 52.9 Å². The Bertz CT molecular complexity index is 468. The van der Waals surface area contributed by atoms with Crippen LogP contribution in [0.3, 0.4) is 0 Å². The van der Waals surface area contributed by atoms with Gasteiger partial charge in [0, 0.05) is 28.7 Å². The van der Waals surface area contributed by atoms with Crippen LogP contribution in [-0.4, -0.2) is 19.4 Å². The molecule has 0 N–H and O–H groups in total. The molecular formula is C12H16BrN3. The summed E-state index contributed by atoms with van der Waals surface area (Å²) < 4.78 is 1.79. The van der Waals surface area contributed by atoms with Gasteiger partial charge in [0.05, 0.1) is 6.20 Å². The van der Waals surface area contributed by atoms with Crippen LogP contribution in [0, 0.1) is 5.92 Å². The molecule has 0 aliphatic rings. The molecule has 2 rings (SSSR count). The summed E-state index contributed by atoms with van der Waals surface area (Å²) in [5.74, 6) is 0.993. The molecule has 0 aliphatic carbocycles. The number of nitrogens with zero attached hydrogens (tertiary/aromatic N) is 3. The summed E-state index contributed by atoms with van der Waals surface area (Å²) in [5.41, 5.74) is 2.05. The monoisotopic (exact) mass is 281 g/mol. The Morgan fingerprint density at radius 3 is 2.62 bits per heavy atom. The van der Waals surface area contributed by atoms with Gasteiger partial charge in [-0.25, -0.2) is 9.50 Å². The number of hydrogen-bond donors (Lipinski definition) is 0. The maximum Gasteiger partial charge on any atom is 0.155 e. The fourth-order valence-corrected chi connectivity index (χ4v) is 3.00. The Hall–Kier alpha value is -0.900. The van der Waals surface area contributed by atoms with Crippen molar-refractivity contribution in [3.63, 3.8) is 0 Å². The zero-order chi connectivity index (χ0) is 11.7. The fourth-order valence-electron chi connectivity index (χ4n) is 2.12. The molecule has 3 nitrogen and oxygen atoms in total. The summed E-state index contributed by atoms with van der Waals surface area (Å²) >= 11 is 3.67. The second-order valence-corrected chi connectivity index (χ2v) is 5.88. The van der Waals surface area contributed by atoms with E-state index < -0.39 is 0 Å². The van der Waals surface area contributed by atoms with Crippen molar-refractivity contribution in [1.29, 1.82) is 0 Å². The van der Waals surface area contributed by atoms with Gasteiger partial charge in [-0.15, -0.1) is 0 Å². The van der Waals surface area contributed by atoms with Crippen LogP contribution in [0.5, 0.6) is 0 Å². The molecule has 2 atom stereocenters. The molecule has 0 radical (unpaired) electrons. The van der Waals surface area contributed by atoms with E-state index in [1.165, 1.54) is 0 Å². The Labute approximate surface area is 104 Å². The number of aromatic nitrogens is 3. The third-order valence-corrected chi connectivity index (χ3v) is 3.40. The Balaban J connectivity index is 2.44. The number of rotatable bonds is 3. The highest BCUT2D eigenvalue weighted by Crippen LogP contribution is 2.30. The Morgan fingerprint density at radius 1 is 1.25 bits per heavy atom. The zero-order valence-electron chi connectivity index (χ0n) is 9.76. The van der Waals surface area contributed by atoms with Crippen LogP contribution >= 0.6 is 15.9 Å². The molecule has 2 heterocycles. The van der Waals surface area contributed by atoms with Gasteiger partial charge in [0.15, 0.2) is 5.65 Å². The summed E-state index contributed by atoms with van der Waals surface area (Å²) in [4.78, 5) is 5.07. The number of hydrogen-bond acceptors (Lipinski definition) is 2. The Kier molecular flexibility index (Phi) is 3.28. The van der Waals surface area contributed by atoms with E-state index in [0.717, 1.165) is 11.3 Å². The summed E-state index contributed by atoms with van der Waals surface area (Å²) in [5, 5.41) is 4.15. The summed E-state index contributed by atoms with van der Waals surface area (Å²) in [6, 6.07) is 3.99. The van der Waals surface area contributed by atoms with E-state index in [1.807, 2.05) is 12.3 Å². The van der Waals surface area contributed by atoms with Crippen molar-refractivity contribution in [2.24, 2.45) is 5.92 Å². The SMILES string of the molecule is CC(C)C(c1ccn2nccc2n1)C(C)Br. The van der Waals surface area contributed by atoms with E-state index in [4.69, 9.17) is 0 Å². The van der Waals surface area contributed by atoms with Gasteiger partial charge in [0.2, 0.25) is 0 Å². The maximum absolute atomic E-state index is 4.65. The van der Waals surface area contributed by atoms with Crippen molar-refractivity contribution in [3.05, 3.63) is 30.2 Å². The van der Waals surface area contributed by atoms with Gasteiger partial charge in [-0.1, -0.05) is 36.7 Å². The fraction of sp³-hybridized carbons (Fsp3) is 0.500. The zero-order valence-corrected chi connectivity index (χ0v) is 11.3. The standard InChI is InChI=1S/C12H16BrN3/c1-8(2)12(9(3)13)10-5-7-16-11(15-10)4-6-14-16/h4-9,12H,1-3H3. The first-order valence-electron chi connectivity index (χ1n) is 5.54. The molecule has 4 heteroatoms. The van der Waals surface area contributed by atoms with Gasteiger partial charge < -0.3 is 0 Å². The quantitative estimate of drug-likeness (QED) is 0.809. The molecule has 2 aromatic heterocycles. The van der Waals surface area contributed by atoms with Crippen LogP contribution < -0.4 is 0 Å². The van der Waals surface area contributed by atoms with Gasteiger partial charge in [0.25, 0.3) is 0 Å². The minimum atomic E-state index is 0.422. The molecule has 2 unspecified atom stereocenters. The molecule has 0 aromatic carbocycles. The molecule has 0 bridgehead atoms. The predicted octanol–water partition coefficient (Wildman–Crippen LogP) is 3.25. The van der Waals surface area contributed by atoms with Crippen LogP contribution in [0.2, 0.25) is 0 Å². The van der Waals surface area contributed by atoms with Gasteiger partial charge in [-0.2, -0.15) is 5.10 Å². The number of fused-ring (bicyclic) bond motifs is 1. The number of alkyl halides is 1. The van der Waals surface area contributed by atoms with Crippen molar-refractivity contribution in [3.8, 4) is 0 Å². The summed E-state index contributed by atoms with van der Waals surface area (Å²) in [6.07, 6.45) is 3.75. The van der Waals surface area contributed by atoms with Crippen LogP contribution in [0.4, 0.5) is 0 Å². The topological polar surface area (TPSA) is 30.2 Å². The highest BCUT2D eigenvalue weighted by molar-refractivity contribution is 9.09. The van der Waals surface area contributed by atoms with Crippen molar-refractivity contribution < 1.29 is 0 Å². The van der Waals surface area contributed by atoms with Crippen molar-refractivity contribution in [2.75, 3.05) is 0 Å². The maximum atomic E-state index is 4.65.